The van der Waals surface area contributed by atoms with E-state index < -0.39 is 5.54 Å². The van der Waals surface area contributed by atoms with Gasteiger partial charge < -0.3 is 10.2 Å². The van der Waals surface area contributed by atoms with E-state index in [1.807, 2.05) is 25.7 Å². The third-order valence-electron chi connectivity index (χ3n) is 5.17. The molecule has 2 saturated carbocycles. The van der Waals surface area contributed by atoms with Crippen molar-refractivity contribution in [1.29, 1.82) is 0 Å². The monoisotopic (exact) mass is 264 g/mol. The van der Waals surface area contributed by atoms with Gasteiger partial charge in [0.1, 0.15) is 11.6 Å². The third kappa shape index (κ3) is 1.79. The van der Waals surface area contributed by atoms with Gasteiger partial charge in [0, 0.05) is 5.54 Å². The number of hydrogen-bond donors (Lipinski definition) is 1. The van der Waals surface area contributed by atoms with Crippen LogP contribution in [0.5, 0.6) is 0 Å². The van der Waals surface area contributed by atoms with Crippen molar-refractivity contribution in [1.82, 2.24) is 10.2 Å². The number of hydrogen-bond acceptors (Lipinski definition) is 2. The largest absolute Gasteiger partial charge is 0.340 e. The summed E-state index contributed by atoms with van der Waals surface area (Å²) in [7, 11) is 0. The zero-order valence-corrected chi connectivity index (χ0v) is 12.3. The summed E-state index contributed by atoms with van der Waals surface area (Å²) in [4.78, 5) is 27.4. The predicted molar refractivity (Wildman–Crippen MR) is 72.4 cm³/mol. The highest BCUT2D eigenvalue weighted by molar-refractivity contribution is 6.00. The third-order valence-corrected chi connectivity index (χ3v) is 5.17. The van der Waals surface area contributed by atoms with E-state index in [0.717, 1.165) is 25.7 Å². The molecule has 1 aliphatic heterocycles. The first kappa shape index (κ1) is 12.9. The molecule has 2 atom stereocenters. The highest BCUT2D eigenvalue weighted by Crippen LogP contribution is 2.49. The minimum Gasteiger partial charge on any atom is -0.340 e. The smallest absolute Gasteiger partial charge is 0.249 e. The topological polar surface area (TPSA) is 49.4 Å². The summed E-state index contributed by atoms with van der Waals surface area (Å²) in [5.74, 6) is 0.678. The van der Waals surface area contributed by atoms with Gasteiger partial charge in [0.2, 0.25) is 11.8 Å². The Labute approximate surface area is 114 Å². The van der Waals surface area contributed by atoms with Crippen molar-refractivity contribution in [2.75, 3.05) is 0 Å². The Morgan fingerprint density at radius 3 is 2.21 bits per heavy atom. The Balaban J connectivity index is 1.98. The number of amides is 2. The Morgan fingerprint density at radius 2 is 1.79 bits per heavy atom. The number of rotatable bonds is 3. The van der Waals surface area contributed by atoms with Crippen LogP contribution < -0.4 is 5.32 Å². The fourth-order valence-electron chi connectivity index (χ4n) is 3.42. The van der Waals surface area contributed by atoms with Crippen LogP contribution in [-0.2, 0) is 9.59 Å². The van der Waals surface area contributed by atoms with E-state index in [9.17, 15) is 9.59 Å². The molecular weight excluding hydrogens is 240 g/mol. The van der Waals surface area contributed by atoms with Crippen molar-refractivity contribution < 1.29 is 9.59 Å². The van der Waals surface area contributed by atoms with Gasteiger partial charge in [-0.2, -0.15) is 0 Å². The lowest BCUT2D eigenvalue weighted by atomic mass is 9.85. The van der Waals surface area contributed by atoms with Gasteiger partial charge in [-0.1, -0.05) is 13.8 Å². The summed E-state index contributed by atoms with van der Waals surface area (Å²) in [5.41, 5.74) is -0.742. The summed E-state index contributed by atoms with van der Waals surface area (Å²) in [6.45, 7) is 8.08. The van der Waals surface area contributed by atoms with Gasteiger partial charge in [0.15, 0.2) is 0 Å². The average Bonchev–Trinajstić information content (AvgIpc) is 3.16. The van der Waals surface area contributed by atoms with Crippen molar-refractivity contribution in [3.8, 4) is 0 Å². The lowest BCUT2D eigenvalue weighted by Gasteiger charge is -2.49. The van der Waals surface area contributed by atoms with Gasteiger partial charge in [-0.3, -0.25) is 9.59 Å². The van der Waals surface area contributed by atoms with E-state index >= 15 is 0 Å². The first-order valence-corrected chi connectivity index (χ1v) is 7.45. The maximum Gasteiger partial charge on any atom is 0.249 e. The number of nitrogens with zero attached hydrogens (tertiary/aromatic N) is 1. The first-order valence-electron chi connectivity index (χ1n) is 7.45. The van der Waals surface area contributed by atoms with Crippen molar-refractivity contribution in [2.24, 2.45) is 11.8 Å². The van der Waals surface area contributed by atoms with Crippen LogP contribution in [0.25, 0.3) is 0 Å². The SMILES string of the molecule is CC(C)C1C(=O)NC(C)(C2CC2)C(=O)N1C1(C)CC1. The van der Waals surface area contributed by atoms with E-state index in [1.165, 1.54) is 0 Å². The van der Waals surface area contributed by atoms with E-state index in [1.54, 1.807) is 0 Å². The first-order chi connectivity index (χ1) is 8.79. The number of carbonyl (C=O) groups excluding carboxylic acids is 2. The zero-order chi connectivity index (χ0) is 14.0. The molecule has 3 rings (SSSR count). The number of carbonyl (C=O) groups is 2. The predicted octanol–water partition coefficient (Wildman–Crippen LogP) is 1.69. The van der Waals surface area contributed by atoms with Crippen molar-refractivity contribution in [2.45, 2.75) is 70.5 Å². The van der Waals surface area contributed by atoms with Crippen LogP contribution in [0.2, 0.25) is 0 Å². The minimum absolute atomic E-state index is 0.0390. The Morgan fingerprint density at radius 1 is 1.21 bits per heavy atom. The maximum absolute atomic E-state index is 13.0. The molecule has 4 nitrogen and oxygen atoms in total. The Kier molecular flexibility index (Phi) is 2.55. The Hall–Kier alpha value is -1.06. The van der Waals surface area contributed by atoms with Crippen LogP contribution in [0, 0.1) is 11.8 Å². The van der Waals surface area contributed by atoms with Crippen LogP contribution >= 0.6 is 0 Å². The molecule has 3 aliphatic rings. The number of piperazine rings is 1. The van der Waals surface area contributed by atoms with Crippen LogP contribution in [0.4, 0.5) is 0 Å². The second-order valence-electron chi connectivity index (χ2n) is 7.33. The molecule has 0 aromatic rings. The molecule has 1 N–H and O–H groups in total. The van der Waals surface area contributed by atoms with Crippen molar-refractivity contribution >= 4 is 11.8 Å². The van der Waals surface area contributed by atoms with Gasteiger partial charge in [-0.25, -0.2) is 0 Å². The lowest BCUT2D eigenvalue weighted by Crippen LogP contribution is -2.73. The molecule has 0 bridgehead atoms. The second kappa shape index (κ2) is 3.74. The molecular formula is C15H24N2O2. The molecule has 0 aromatic heterocycles. The second-order valence-corrected chi connectivity index (χ2v) is 7.33. The summed E-state index contributed by atoms with van der Waals surface area (Å²) in [5, 5.41) is 3.04. The van der Waals surface area contributed by atoms with Crippen LogP contribution in [0.1, 0.15) is 53.4 Å². The zero-order valence-electron chi connectivity index (χ0n) is 12.3. The highest BCUT2D eigenvalue weighted by Gasteiger charge is 2.61. The quantitative estimate of drug-likeness (QED) is 0.843. The van der Waals surface area contributed by atoms with Crippen molar-refractivity contribution in [3.05, 3.63) is 0 Å². The molecule has 0 spiro atoms. The fourth-order valence-corrected chi connectivity index (χ4v) is 3.42. The molecule has 106 valence electrons. The molecule has 0 aromatic carbocycles. The number of nitrogens with one attached hydrogen (secondary N) is 1. The molecule has 1 saturated heterocycles. The Bertz CT molecular complexity index is 437. The highest BCUT2D eigenvalue weighted by atomic mass is 16.2. The summed E-state index contributed by atoms with van der Waals surface area (Å²) >= 11 is 0. The normalized spacial score (nSPS) is 37.5. The van der Waals surface area contributed by atoms with Crippen molar-refractivity contribution in [3.63, 3.8) is 0 Å². The van der Waals surface area contributed by atoms with Gasteiger partial charge >= 0.3 is 0 Å². The van der Waals surface area contributed by atoms with E-state index in [0.29, 0.717) is 5.92 Å². The molecule has 19 heavy (non-hydrogen) atoms. The van der Waals surface area contributed by atoms with E-state index in [4.69, 9.17) is 0 Å². The minimum atomic E-state index is -0.659. The van der Waals surface area contributed by atoms with E-state index in [-0.39, 0.29) is 29.3 Å². The van der Waals surface area contributed by atoms with Crippen LogP contribution in [-0.4, -0.2) is 33.8 Å². The average molecular weight is 264 g/mol. The molecule has 4 heteroatoms. The summed E-state index contributed by atoms with van der Waals surface area (Å²) in [6.07, 6.45) is 4.16. The summed E-state index contributed by atoms with van der Waals surface area (Å²) in [6, 6.07) is -0.299. The van der Waals surface area contributed by atoms with Gasteiger partial charge in [0.25, 0.3) is 0 Å². The maximum atomic E-state index is 13.0. The lowest BCUT2D eigenvalue weighted by molar-refractivity contribution is -0.161. The molecule has 1 heterocycles. The fraction of sp³-hybridized carbons (Fsp3) is 0.867. The molecule has 2 unspecified atom stereocenters. The molecule has 2 amide bonds. The van der Waals surface area contributed by atoms with Gasteiger partial charge in [-0.05, 0) is 51.4 Å². The standard InChI is InChI=1S/C15H24N2O2/c1-9(2)11-12(18)16-15(4,10-5-6-10)13(19)17(11)14(3)7-8-14/h9-11H,5-8H2,1-4H3,(H,16,18). The van der Waals surface area contributed by atoms with Gasteiger partial charge in [0.05, 0.1) is 0 Å². The van der Waals surface area contributed by atoms with Gasteiger partial charge in [-0.15, -0.1) is 0 Å². The molecule has 3 fully saturated rings. The van der Waals surface area contributed by atoms with Crippen LogP contribution in [0.15, 0.2) is 0 Å². The van der Waals surface area contributed by atoms with Crippen LogP contribution in [0.3, 0.4) is 0 Å². The summed E-state index contributed by atoms with van der Waals surface area (Å²) < 4.78 is 0. The van der Waals surface area contributed by atoms with E-state index in [2.05, 4.69) is 12.2 Å². The molecule has 0 radical (unpaired) electrons. The molecule has 2 aliphatic carbocycles.